The standard InChI is InChI=1S/C25H32N2O7S/c1-18-16-27(12-11-25(18,2)21-9-6-10-22(14-21)34-35(31,32)33)17-20(24(30)26-15-23(28)29)13-19-7-4-3-5-8-19/h3-10,14,18,20H,11-13,15-17H2,1-2H3,(H,26,30)(H,28,29)(H,31,32,33)/t18-,20-,25-/m0/s1. The summed E-state index contributed by atoms with van der Waals surface area (Å²) in [6.45, 7) is 5.72. The largest absolute Gasteiger partial charge is 0.480 e. The Bertz CT molecular complexity index is 1140. The summed E-state index contributed by atoms with van der Waals surface area (Å²) in [4.78, 5) is 26.0. The molecule has 3 atom stereocenters. The minimum Gasteiger partial charge on any atom is -0.480 e. The van der Waals surface area contributed by atoms with E-state index in [2.05, 4.69) is 28.2 Å². The first-order valence-electron chi connectivity index (χ1n) is 11.5. The van der Waals surface area contributed by atoms with E-state index >= 15 is 0 Å². The summed E-state index contributed by atoms with van der Waals surface area (Å²) in [6, 6.07) is 16.4. The Hall–Kier alpha value is -2.95. The molecular formula is C25H32N2O7S. The molecule has 0 bridgehead atoms. The number of carboxylic acids is 1. The van der Waals surface area contributed by atoms with E-state index in [1.54, 1.807) is 12.1 Å². The highest BCUT2D eigenvalue weighted by molar-refractivity contribution is 7.81. The summed E-state index contributed by atoms with van der Waals surface area (Å²) < 4.78 is 35.9. The smallest absolute Gasteiger partial charge is 0.446 e. The summed E-state index contributed by atoms with van der Waals surface area (Å²) in [7, 11) is -4.61. The number of carbonyl (C=O) groups excluding carboxylic acids is 1. The zero-order chi connectivity index (χ0) is 25.6. The van der Waals surface area contributed by atoms with Gasteiger partial charge in [0.05, 0.1) is 5.92 Å². The molecule has 0 unspecified atom stereocenters. The van der Waals surface area contributed by atoms with Crippen LogP contribution in [0.5, 0.6) is 5.75 Å². The molecule has 1 amide bonds. The molecule has 10 heteroatoms. The van der Waals surface area contributed by atoms with Crippen LogP contribution in [0.2, 0.25) is 0 Å². The third-order valence-corrected chi connectivity index (χ3v) is 7.25. The first-order valence-corrected chi connectivity index (χ1v) is 12.9. The predicted molar refractivity (Wildman–Crippen MR) is 130 cm³/mol. The second kappa shape index (κ2) is 11.2. The van der Waals surface area contributed by atoms with Crippen molar-refractivity contribution >= 4 is 22.3 Å². The quantitative estimate of drug-likeness (QED) is 0.421. The molecule has 0 radical (unpaired) electrons. The number of nitrogens with zero attached hydrogens (tertiary/aromatic N) is 1. The van der Waals surface area contributed by atoms with E-state index in [4.69, 9.17) is 9.66 Å². The molecule has 0 aliphatic carbocycles. The second-order valence-corrected chi connectivity index (χ2v) is 10.4. The second-order valence-electron chi connectivity index (χ2n) is 9.37. The maximum absolute atomic E-state index is 12.8. The zero-order valence-electron chi connectivity index (χ0n) is 19.9. The maximum atomic E-state index is 12.8. The molecule has 9 nitrogen and oxygen atoms in total. The summed E-state index contributed by atoms with van der Waals surface area (Å²) in [6.07, 6.45) is 1.27. The maximum Gasteiger partial charge on any atom is 0.446 e. The molecule has 1 aliphatic heterocycles. The third kappa shape index (κ3) is 7.51. The van der Waals surface area contributed by atoms with Gasteiger partial charge in [-0.05, 0) is 54.0 Å². The molecule has 190 valence electrons. The van der Waals surface area contributed by atoms with Gasteiger partial charge in [0.25, 0.3) is 0 Å². The number of likely N-dealkylation sites (tertiary alicyclic amines) is 1. The highest BCUT2D eigenvalue weighted by atomic mass is 32.3. The number of benzene rings is 2. The number of piperidine rings is 1. The average molecular weight is 505 g/mol. The summed E-state index contributed by atoms with van der Waals surface area (Å²) >= 11 is 0. The molecule has 1 aliphatic rings. The predicted octanol–water partition coefficient (Wildman–Crippen LogP) is 2.53. The van der Waals surface area contributed by atoms with Crippen LogP contribution in [-0.2, 0) is 31.8 Å². The first kappa shape index (κ1) is 26.7. The Labute approximate surface area is 206 Å². The molecular weight excluding hydrogens is 472 g/mol. The Morgan fingerprint density at radius 1 is 1.20 bits per heavy atom. The number of carbonyl (C=O) groups is 2. The van der Waals surface area contributed by atoms with Crippen molar-refractivity contribution in [3.63, 3.8) is 0 Å². The van der Waals surface area contributed by atoms with E-state index in [1.165, 1.54) is 6.07 Å². The van der Waals surface area contributed by atoms with E-state index in [1.807, 2.05) is 36.4 Å². The lowest BCUT2D eigenvalue weighted by Gasteiger charge is -2.45. The fourth-order valence-electron chi connectivity index (χ4n) is 4.69. The number of hydrogen-bond donors (Lipinski definition) is 3. The van der Waals surface area contributed by atoms with E-state index in [0.29, 0.717) is 26.1 Å². The monoisotopic (exact) mass is 504 g/mol. The van der Waals surface area contributed by atoms with Crippen molar-refractivity contribution in [2.24, 2.45) is 11.8 Å². The number of amides is 1. The minimum absolute atomic E-state index is 0.0545. The molecule has 1 heterocycles. The lowest BCUT2D eigenvalue weighted by molar-refractivity contribution is -0.138. The van der Waals surface area contributed by atoms with Crippen molar-refractivity contribution < 1.29 is 31.8 Å². The van der Waals surface area contributed by atoms with Gasteiger partial charge in [0.1, 0.15) is 12.3 Å². The normalized spacial score (nSPS) is 21.7. The zero-order valence-corrected chi connectivity index (χ0v) is 20.7. The molecule has 1 fully saturated rings. The van der Waals surface area contributed by atoms with Crippen LogP contribution >= 0.6 is 0 Å². The van der Waals surface area contributed by atoms with Gasteiger partial charge >= 0.3 is 16.4 Å². The fourth-order valence-corrected chi connectivity index (χ4v) is 5.04. The minimum atomic E-state index is -4.61. The van der Waals surface area contributed by atoms with Crippen LogP contribution in [0.1, 0.15) is 31.4 Å². The van der Waals surface area contributed by atoms with Gasteiger partial charge in [-0.1, -0.05) is 56.3 Å². The topological polar surface area (TPSA) is 133 Å². The molecule has 3 N–H and O–H groups in total. The van der Waals surface area contributed by atoms with Crippen LogP contribution in [-0.4, -0.2) is 61.0 Å². The summed E-state index contributed by atoms with van der Waals surface area (Å²) in [5, 5.41) is 11.5. The van der Waals surface area contributed by atoms with Crippen LogP contribution in [0.25, 0.3) is 0 Å². The van der Waals surface area contributed by atoms with Crippen LogP contribution < -0.4 is 9.50 Å². The molecule has 2 aromatic rings. The van der Waals surface area contributed by atoms with Gasteiger partial charge in [0.2, 0.25) is 5.91 Å². The first-order chi connectivity index (χ1) is 16.5. The lowest BCUT2D eigenvalue weighted by atomic mass is 9.68. The van der Waals surface area contributed by atoms with E-state index in [-0.39, 0.29) is 23.0 Å². The summed E-state index contributed by atoms with van der Waals surface area (Å²) in [5.41, 5.74) is 1.65. The van der Waals surface area contributed by atoms with Gasteiger partial charge in [-0.3, -0.25) is 14.1 Å². The fraction of sp³-hybridized carbons (Fsp3) is 0.440. The Balaban J connectivity index is 1.72. The van der Waals surface area contributed by atoms with E-state index < -0.39 is 28.8 Å². The van der Waals surface area contributed by atoms with Crippen LogP contribution in [0.4, 0.5) is 0 Å². The van der Waals surface area contributed by atoms with Crippen molar-refractivity contribution in [1.82, 2.24) is 10.2 Å². The van der Waals surface area contributed by atoms with E-state index in [0.717, 1.165) is 17.5 Å². The highest BCUT2D eigenvalue weighted by Gasteiger charge is 2.39. The van der Waals surface area contributed by atoms with Crippen LogP contribution in [0.3, 0.4) is 0 Å². The Morgan fingerprint density at radius 2 is 1.91 bits per heavy atom. The third-order valence-electron chi connectivity index (χ3n) is 6.85. The Kier molecular flexibility index (Phi) is 8.52. The number of aliphatic carboxylic acids is 1. The molecule has 0 aromatic heterocycles. The van der Waals surface area contributed by atoms with Crippen LogP contribution in [0.15, 0.2) is 54.6 Å². The summed E-state index contributed by atoms with van der Waals surface area (Å²) in [5.74, 6) is -1.55. The number of carboxylic acid groups (broad SMARTS) is 1. The molecule has 2 aromatic carbocycles. The van der Waals surface area contributed by atoms with Crippen molar-refractivity contribution in [3.8, 4) is 5.75 Å². The van der Waals surface area contributed by atoms with Gasteiger partial charge in [-0.2, -0.15) is 8.42 Å². The number of nitrogens with one attached hydrogen (secondary N) is 1. The van der Waals surface area contributed by atoms with Crippen molar-refractivity contribution in [1.29, 1.82) is 0 Å². The van der Waals surface area contributed by atoms with Crippen molar-refractivity contribution in [3.05, 3.63) is 65.7 Å². The highest BCUT2D eigenvalue weighted by Crippen LogP contribution is 2.40. The number of rotatable bonds is 10. The molecule has 1 saturated heterocycles. The molecule has 3 rings (SSSR count). The van der Waals surface area contributed by atoms with Crippen LogP contribution in [0, 0.1) is 11.8 Å². The number of hydrogen-bond acceptors (Lipinski definition) is 6. The lowest BCUT2D eigenvalue weighted by Crippen LogP contribution is -2.50. The van der Waals surface area contributed by atoms with Gasteiger partial charge in [-0.25, -0.2) is 0 Å². The SMILES string of the molecule is C[C@H]1CN(C[C@H](Cc2ccccc2)C(=O)NCC(=O)O)CC[C@]1(C)c1cccc(OS(=O)(=O)O)c1. The van der Waals surface area contributed by atoms with Gasteiger partial charge in [0, 0.05) is 13.1 Å². The van der Waals surface area contributed by atoms with E-state index in [9.17, 15) is 18.0 Å². The Morgan fingerprint density at radius 3 is 2.54 bits per heavy atom. The molecule has 0 spiro atoms. The van der Waals surface area contributed by atoms with Crippen molar-refractivity contribution in [2.45, 2.75) is 32.1 Å². The van der Waals surface area contributed by atoms with Gasteiger partial charge in [0.15, 0.2) is 0 Å². The van der Waals surface area contributed by atoms with Crippen molar-refractivity contribution in [2.75, 3.05) is 26.2 Å². The average Bonchev–Trinajstić information content (AvgIpc) is 2.79. The molecule has 35 heavy (non-hydrogen) atoms. The molecule has 0 saturated carbocycles. The van der Waals surface area contributed by atoms with Gasteiger partial charge in [-0.15, -0.1) is 0 Å². The van der Waals surface area contributed by atoms with Gasteiger partial charge < -0.3 is 19.5 Å².